The summed E-state index contributed by atoms with van der Waals surface area (Å²) in [5.41, 5.74) is 0. The predicted molar refractivity (Wildman–Crippen MR) is 89.4 cm³/mol. The molecule has 138 valence electrons. The van der Waals surface area contributed by atoms with Crippen LogP contribution in [0.25, 0.3) is 0 Å². The summed E-state index contributed by atoms with van der Waals surface area (Å²) in [7, 11) is 0. The zero-order valence-corrected chi connectivity index (χ0v) is 14.5. The fourth-order valence-corrected chi connectivity index (χ4v) is 2.04. The maximum atomic E-state index is 10.1. The Morgan fingerprint density at radius 2 is 1.04 bits per heavy atom. The fourth-order valence-electron chi connectivity index (χ4n) is 2.04. The highest BCUT2D eigenvalue weighted by Gasteiger charge is 2.08. The highest BCUT2D eigenvalue weighted by Crippen LogP contribution is 2.07. The molecular weight excluding hydrogens is 300 g/mol. The van der Waals surface area contributed by atoms with Crippen LogP contribution in [0.4, 0.5) is 0 Å². The molecule has 0 aliphatic rings. The van der Waals surface area contributed by atoms with Gasteiger partial charge in [-0.25, -0.2) is 0 Å². The lowest BCUT2D eigenvalue weighted by Crippen LogP contribution is -2.12. The van der Waals surface area contributed by atoms with Crippen LogP contribution in [0.1, 0.15) is 84.5 Å². The molecule has 0 saturated heterocycles. The van der Waals surface area contributed by atoms with E-state index >= 15 is 0 Å². The van der Waals surface area contributed by atoms with E-state index in [1.165, 1.54) is 6.42 Å². The van der Waals surface area contributed by atoms with Crippen molar-refractivity contribution in [2.24, 2.45) is 0 Å². The van der Waals surface area contributed by atoms with Gasteiger partial charge in [0.15, 0.2) is 0 Å². The fraction of sp³-hybridized carbons (Fsp3) is 0.882. The molecule has 0 amide bonds. The number of carboxylic acid groups (broad SMARTS) is 2. The maximum absolute atomic E-state index is 10.1. The molecule has 6 nitrogen and oxygen atoms in total. The predicted octanol–water partition coefficient (Wildman–Crippen LogP) is 3.19. The van der Waals surface area contributed by atoms with Gasteiger partial charge in [0, 0.05) is 0 Å². The first kappa shape index (κ1) is 24.1. The third-order valence-electron chi connectivity index (χ3n) is 3.35. The molecule has 23 heavy (non-hydrogen) atoms. The van der Waals surface area contributed by atoms with E-state index in [0.717, 1.165) is 38.5 Å². The van der Waals surface area contributed by atoms with E-state index in [9.17, 15) is 9.59 Å². The van der Waals surface area contributed by atoms with Crippen molar-refractivity contribution in [2.75, 3.05) is 0 Å². The van der Waals surface area contributed by atoms with E-state index in [-0.39, 0.29) is 12.8 Å². The molecule has 2 unspecified atom stereocenters. The summed E-state index contributed by atoms with van der Waals surface area (Å²) in [4.78, 5) is 20.2. The summed E-state index contributed by atoms with van der Waals surface area (Å²) in [6.07, 6.45) is 7.12. The van der Waals surface area contributed by atoms with Gasteiger partial charge in [-0.1, -0.05) is 58.8 Å². The zero-order valence-electron chi connectivity index (χ0n) is 14.5. The maximum Gasteiger partial charge on any atom is 0.305 e. The van der Waals surface area contributed by atoms with Crippen molar-refractivity contribution in [3.8, 4) is 0 Å². The van der Waals surface area contributed by atoms with Crippen molar-refractivity contribution < 1.29 is 30.0 Å². The summed E-state index contributed by atoms with van der Waals surface area (Å²) >= 11 is 0. The first-order valence-electron chi connectivity index (χ1n) is 8.63. The zero-order chi connectivity index (χ0) is 18.1. The Balaban J connectivity index is 0. The lowest BCUT2D eigenvalue weighted by molar-refractivity contribution is -0.140. The van der Waals surface area contributed by atoms with Crippen molar-refractivity contribution >= 4 is 11.9 Å². The number of aliphatic carboxylic acids is 2. The molecule has 0 aromatic rings. The second-order valence-corrected chi connectivity index (χ2v) is 5.85. The van der Waals surface area contributed by atoms with E-state index in [1.807, 2.05) is 0 Å². The van der Waals surface area contributed by atoms with Crippen LogP contribution in [0.3, 0.4) is 0 Å². The van der Waals surface area contributed by atoms with E-state index in [2.05, 4.69) is 13.8 Å². The second-order valence-electron chi connectivity index (χ2n) is 5.85. The summed E-state index contributed by atoms with van der Waals surface area (Å²) in [5.74, 6) is -1.84. The van der Waals surface area contributed by atoms with Gasteiger partial charge in [-0.15, -0.1) is 0 Å². The number of rotatable bonds is 13. The molecule has 0 aliphatic carbocycles. The molecule has 0 spiro atoms. The normalized spacial score (nSPS) is 12.9. The van der Waals surface area contributed by atoms with Crippen molar-refractivity contribution in [1.82, 2.24) is 0 Å². The highest BCUT2D eigenvalue weighted by molar-refractivity contribution is 5.67. The number of carbonyl (C=O) groups is 2. The monoisotopic (exact) mass is 334 g/mol. The number of hydrogen-bond donors (Lipinski definition) is 4. The molecule has 0 rings (SSSR count). The first-order valence-corrected chi connectivity index (χ1v) is 8.63. The summed E-state index contributed by atoms with van der Waals surface area (Å²) in [6, 6.07) is 0. The smallest absolute Gasteiger partial charge is 0.305 e. The molecule has 0 radical (unpaired) electrons. The largest absolute Gasteiger partial charge is 0.481 e. The Kier molecular flexibility index (Phi) is 18.1. The summed E-state index contributed by atoms with van der Waals surface area (Å²) in [6.45, 7) is 4.19. The third-order valence-corrected chi connectivity index (χ3v) is 3.35. The van der Waals surface area contributed by atoms with Gasteiger partial charge in [0.2, 0.25) is 0 Å². The van der Waals surface area contributed by atoms with Crippen LogP contribution >= 0.6 is 0 Å². The second kappa shape index (κ2) is 17.2. The molecule has 2 atom stereocenters. The van der Waals surface area contributed by atoms with Gasteiger partial charge in [0.25, 0.3) is 0 Å². The third kappa shape index (κ3) is 23.3. The van der Waals surface area contributed by atoms with Crippen molar-refractivity contribution in [3.63, 3.8) is 0 Å². The lowest BCUT2D eigenvalue weighted by Gasteiger charge is -2.06. The molecule has 0 aromatic carbocycles. The van der Waals surface area contributed by atoms with Gasteiger partial charge in [-0.2, -0.15) is 0 Å². The molecule has 0 aliphatic heterocycles. The van der Waals surface area contributed by atoms with E-state index in [1.54, 1.807) is 0 Å². The summed E-state index contributed by atoms with van der Waals surface area (Å²) < 4.78 is 0. The van der Waals surface area contributed by atoms with Gasteiger partial charge >= 0.3 is 11.9 Å². The lowest BCUT2D eigenvalue weighted by atomic mass is 10.1. The van der Waals surface area contributed by atoms with Crippen molar-refractivity contribution in [3.05, 3.63) is 0 Å². The van der Waals surface area contributed by atoms with E-state index in [4.69, 9.17) is 20.4 Å². The molecule has 0 fully saturated rings. The molecule has 0 aromatic heterocycles. The van der Waals surface area contributed by atoms with Crippen LogP contribution in [0, 0.1) is 0 Å². The Hall–Kier alpha value is -1.14. The molecular formula is C17H34O6. The topological polar surface area (TPSA) is 115 Å². The van der Waals surface area contributed by atoms with Gasteiger partial charge in [0.05, 0.1) is 25.0 Å². The van der Waals surface area contributed by atoms with Gasteiger partial charge in [-0.05, 0) is 12.8 Å². The van der Waals surface area contributed by atoms with Gasteiger partial charge in [-0.3, -0.25) is 9.59 Å². The molecule has 0 heterocycles. The standard InChI is InChI=1S/C9H18O3.C8H16O3/c1-2-3-4-5-6-8(10)7-9(11)12;1-2-3-4-5-7(9)6-8(10)11/h8,10H,2-7H2,1H3,(H,11,12);7,9H,2-6H2,1H3,(H,10,11). The van der Waals surface area contributed by atoms with Crippen LogP contribution in [-0.4, -0.2) is 44.6 Å². The average molecular weight is 334 g/mol. The van der Waals surface area contributed by atoms with Gasteiger partial charge in [0.1, 0.15) is 0 Å². The number of hydrogen-bond acceptors (Lipinski definition) is 4. The quantitative estimate of drug-likeness (QED) is 0.384. The van der Waals surface area contributed by atoms with Crippen LogP contribution in [0.5, 0.6) is 0 Å². The van der Waals surface area contributed by atoms with Crippen molar-refractivity contribution in [1.29, 1.82) is 0 Å². The minimum absolute atomic E-state index is 0.119. The molecule has 0 bridgehead atoms. The van der Waals surface area contributed by atoms with E-state index in [0.29, 0.717) is 12.8 Å². The van der Waals surface area contributed by atoms with Crippen molar-refractivity contribution in [2.45, 2.75) is 96.7 Å². The number of aliphatic hydroxyl groups is 2. The Bertz CT molecular complexity index is 293. The minimum atomic E-state index is -0.922. The highest BCUT2D eigenvalue weighted by atomic mass is 16.4. The van der Waals surface area contributed by atoms with Gasteiger partial charge < -0.3 is 20.4 Å². The molecule has 4 N–H and O–H groups in total. The first-order chi connectivity index (χ1) is 10.8. The van der Waals surface area contributed by atoms with Crippen LogP contribution in [0.15, 0.2) is 0 Å². The molecule has 0 saturated carbocycles. The minimum Gasteiger partial charge on any atom is -0.481 e. The SMILES string of the molecule is CCCCCC(O)CC(=O)O.CCCCCCC(O)CC(=O)O. The number of carboxylic acids is 2. The van der Waals surface area contributed by atoms with E-state index < -0.39 is 24.1 Å². The van der Waals surface area contributed by atoms with Crippen LogP contribution in [-0.2, 0) is 9.59 Å². The summed E-state index contributed by atoms with van der Waals surface area (Å²) in [5, 5.41) is 34.8. The Morgan fingerprint density at radius 1 is 0.696 bits per heavy atom. The number of unbranched alkanes of at least 4 members (excludes halogenated alkanes) is 5. The number of aliphatic hydroxyl groups excluding tert-OH is 2. The van der Waals surface area contributed by atoms with Crippen LogP contribution in [0.2, 0.25) is 0 Å². The Morgan fingerprint density at radius 3 is 1.39 bits per heavy atom. The molecule has 6 heteroatoms. The average Bonchev–Trinajstić information content (AvgIpc) is 2.43. The Labute approximate surface area is 139 Å². The van der Waals surface area contributed by atoms with Crippen LogP contribution < -0.4 is 0 Å².